The monoisotopic (exact) mass is 315 g/mol. The summed E-state index contributed by atoms with van der Waals surface area (Å²) < 4.78 is 11.0. The molecular formula is C11H14BrN3O3. The summed E-state index contributed by atoms with van der Waals surface area (Å²) in [5.41, 5.74) is 11.0. The standard InChI is InChI=1S/C11H14BrN3O3/c1-17-8-3-6(4-10(16)15-11(13)14)7(12)5-9(8)18-2/h3,5H,4H2,1-2H3,(H4,13,14,15,16). The normalized spacial score (nSPS) is 9.72. The van der Waals surface area contributed by atoms with Crippen molar-refractivity contribution in [1.29, 1.82) is 0 Å². The van der Waals surface area contributed by atoms with Gasteiger partial charge in [0.1, 0.15) is 0 Å². The molecule has 1 aromatic carbocycles. The molecule has 6 nitrogen and oxygen atoms in total. The van der Waals surface area contributed by atoms with E-state index in [2.05, 4.69) is 20.9 Å². The zero-order valence-electron chi connectivity index (χ0n) is 10.1. The van der Waals surface area contributed by atoms with Crippen molar-refractivity contribution in [1.82, 2.24) is 0 Å². The van der Waals surface area contributed by atoms with Gasteiger partial charge in [0.05, 0.1) is 20.6 Å². The molecule has 0 radical (unpaired) electrons. The van der Waals surface area contributed by atoms with Gasteiger partial charge in [0.15, 0.2) is 17.5 Å². The second kappa shape index (κ2) is 6.25. The Balaban J connectivity index is 3.03. The minimum atomic E-state index is -0.428. The second-order valence-corrected chi connectivity index (χ2v) is 4.26. The van der Waals surface area contributed by atoms with Crippen molar-refractivity contribution in [2.45, 2.75) is 6.42 Å². The van der Waals surface area contributed by atoms with Crippen LogP contribution in [0.5, 0.6) is 11.5 Å². The van der Waals surface area contributed by atoms with Crippen LogP contribution in [-0.4, -0.2) is 26.1 Å². The maximum absolute atomic E-state index is 11.5. The molecule has 0 aliphatic carbocycles. The number of carbonyl (C=O) groups is 1. The fourth-order valence-corrected chi connectivity index (χ4v) is 1.84. The summed E-state index contributed by atoms with van der Waals surface area (Å²) in [7, 11) is 3.06. The third-order valence-corrected chi connectivity index (χ3v) is 2.89. The third-order valence-electron chi connectivity index (χ3n) is 2.15. The molecule has 7 heteroatoms. The van der Waals surface area contributed by atoms with Crippen LogP contribution in [0.2, 0.25) is 0 Å². The summed E-state index contributed by atoms with van der Waals surface area (Å²) in [5.74, 6) is 0.426. The summed E-state index contributed by atoms with van der Waals surface area (Å²) in [6.45, 7) is 0. The van der Waals surface area contributed by atoms with Crippen LogP contribution >= 0.6 is 15.9 Å². The number of guanidine groups is 1. The number of hydrogen-bond acceptors (Lipinski definition) is 3. The van der Waals surface area contributed by atoms with Crippen LogP contribution in [0.4, 0.5) is 0 Å². The Morgan fingerprint density at radius 2 is 1.83 bits per heavy atom. The van der Waals surface area contributed by atoms with Crippen LogP contribution in [0.1, 0.15) is 5.56 Å². The molecule has 0 saturated heterocycles. The van der Waals surface area contributed by atoms with Crippen molar-refractivity contribution in [2.75, 3.05) is 14.2 Å². The molecule has 0 fully saturated rings. The zero-order chi connectivity index (χ0) is 13.7. The molecule has 0 atom stereocenters. The lowest BCUT2D eigenvalue weighted by Crippen LogP contribution is -2.24. The van der Waals surface area contributed by atoms with Crippen LogP contribution in [0.3, 0.4) is 0 Å². The molecule has 0 saturated carbocycles. The van der Waals surface area contributed by atoms with E-state index < -0.39 is 5.91 Å². The van der Waals surface area contributed by atoms with Gasteiger partial charge in [-0.05, 0) is 17.7 Å². The SMILES string of the molecule is COc1cc(Br)c(CC(=O)N=C(N)N)cc1OC. The van der Waals surface area contributed by atoms with E-state index in [1.54, 1.807) is 12.1 Å². The molecule has 1 amide bonds. The molecule has 0 aromatic heterocycles. The van der Waals surface area contributed by atoms with Crippen LogP contribution in [0, 0.1) is 0 Å². The molecule has 4 N–H and O–H groups in total. The van der Waals surface area contributed by atoms with Crippen molar-refractivity contribution >= 4 is 27.8 Å². The topological polar surface area (TPSA) is 99.9 Å². The van der Waals surface area contributed by atoms with Gasteiger partial charge in [-0.25, -0.2) is 0 Å². The van der Waals surface area contributed by atoms with Gasteiger partial charge in [-0.1, -0.05) is 15.9 Å². The molecule has 0 unspecified atom stereocenters. The van der Waals surface area contributed by atoms with Crippen molar-refractivity contribution in [3.05, 3.63) is 22.2 Å². The lowest BCUT2D eigenvalue weighted by Gasteiger charge is -2.10. The summed E-state index contributed by atoms with van der Waals surface area (Å²) in [4.78, 5) is 14.9. The Hall–Kier alpha value is -1.76. The molecule has 0 spiro atoms. The minimum Gasteiger partial charge on any atom is -0.493 e. The smallest absolute Gasteiger partial charge is 0.253 e. The van der Waals surface area contributed by atoms with Gasteiger partial charge in [0.25, 0.3) is 5.91 Å². The number of hydrogen-bond donors (Lipinski definition) is 2. The Kier molecular flexibility index (Phi) is 4.96. The first-order chi connectivity index (χ1) is 8.47. The molecule has 0 bridgehead atoms. The number of benzene rings is 1. The van der Waals surface area contributed by atoms with Crippen molar-refractivity contribution in [3.8, 4) is 11.5 Å². The Morgan fingerprint density at radius 3 is 2.33 bits per heavy atom. The second-order valence-electron chi connectivity index (χ2n) is 3.41. The van der Waals surface area contributed by atoms with Crippen molar-refractivity contribution < 1.29 is 14.3 Å². The van der Waals surface area contributed by atoms with Gasteiger partial charge in [-0.2, -0.15) is 4.99 Å². The van der Waals surface area contributed by atoms with Crippen molar-refractivity contribution in [2.24, 2.45) is 16.5 Å². The largest absolute Gasteiger partial charge is 0.493 e. The number of halogens is 1. The zero-order valence-corrected chi connectivity index (χ0v) is 11.7. The minimum absolute atomic E-state index is 0.0683. The highest BCUT2D eigenvalue weighted by Gasteiger charge is 2.12. The molecule has 0 aliphatic rings. The first-order valence-electron chi connectivity index (χ1n) is 5.00. The van der Waals surface area contributed by atoms with Gasteiger partial charge in [-0.15, -0.1) is 0 Å². The van der Waals surface area contributed by atoms with Crippen LogP contribution in [0.15, 0.2) is 21.6 Å². The van der Waals surface area contributed by atoms with Gasteiger partial charge in [-0.3, -0.25) is 4.79 Å². The van der Waals surface area contributed by atoms with Crippen LogP contribution < -0.4 is 20.9 Å². The van der Waals surface area contributed by atoms with Crippen LogP contribution in [0.25, 0.3) is 0 Å². The number of ether oxygens (including phenoxy) is 2. The number of nitrogens with two attached hydrogens (primary N) is 2. The maximum Gasteiger partial charge on any atom is 0.253 e. The van der Waals surface area contributed by atoms with E-state index in [4.69, 9.17) is 20.9 Å². The first kappa shape index (κ1) is 14.3. The Labute approximate surface area is 113 Å². The molecule has 18 heavy (non-hydrogen) atoms. The van der Waals surface area contributed by atoms with Gasteiger partial charge in [0, 0.05) is 4.47 Å². The fraction of sp³-hybridized carbons (Fsp3) is 0.273. The maximum atomic E-state index is 11.5. The number of rotatable bonds is 4. The predicted octanol–water partition coefficient (Wildman–Crippen LogP) is 0.809. The van der Waals surface area contributed by atoms with Gasteiger partial charge >= 0.3 is 0 Å². The van der Waals surface area contributed by atoms with E-state index in [-0.39, 0.29) is 12.4 Å². The average molecular weight is 316 g/mol. The fourth-order valence-electron chi connectivity index (χ4n) is 1.38. The molecule has 1 aromatic rings. The van der Waals surface area contributed by atoms with E-state index in [0.29, 0.717) is 17.1 Å². The Morgan fingerprint density at radius 1 is 1.28 bits per heavy atom. The molecule has 1 rings (SSSR count). The van der Waals surface area contributed by atoms with E-state index in [1.165, 1.54) is 14.2 Å². The number of carbonyl (C=O) groups excluding carboxylic acids is 1. The summed E-state index contributed by atoms with van der Waals surface area (Å²) in [6, 6.07) is 3.42. The molecule has 98 valence electrons. The van der Waals surface area contributed by atoms with E-state index >= 15 is 0 Å². The number of nitrogens with zero attached hydrogens (tertiary/aromatic N) is 1. The predicted molar refractivity (Wildman–Crippen MR) is 71.8 cm³/mol. The number of methoxy groups -OCH3 is 2. The summed E-state index contributed by atoms with van der Waals surface area (Å²) >= 11 is 3.35. The molecule has 0 aliphatic heterocycles. The van der Waals surface area contributed by atoms with Crippen molar-refractivity contribution in [3.63, 3.8) is 0 Å². The van der Waals surface area contributed by atoms with Crippen LogP contribution in [-0.2, 0) is 11.2 Å². The molecule has 0 heterocycles. The lowest BCUT2D eigenvalue weighted by molar-refractivity contribution is -0.117. The highest BCUT2D eigenvalue weighted by atomic mass is 79.9. The number of amides is 1. The average Bonchev–Trinajstić information content (AvgIpc) is 2.30. The highest BCUT2D eigenvalue weighted by Crippen LogP contribution is 2.33. The Bertz CT molecular complexity index is 485. The summed E-state index contributed by atoms with van der Waals surface area (Å²) in [6.07, 6.45) is 0.0683. The van der Waals surface area contributed by atoms with E-state index in [1.807, 2.05) is 0 Å². The van der Waals surface area contributed by atoms with Gasteiger partial charge < -0.3 is 20.9 Å². The van der Waals surface area contributed by atoms with Gasteiger partial charge in [0.2, 0.25) is 0 Å². The highest BCUT2D eigenvalue weighted by molar-refractivity contribution is 9.10. The number of aliphatic imine (C=N–C) groups is 1. The quantitative estimate of drug-likeness (QED) is 0.632. The third kappa shape index (κ3) is 3.63. The summed E-state index contributed by atoms with van der Waals surface area (Å²) in [5, 5.41) is 0. The van der Waals surface area contributed by atoms with E-state index in [0.717, 1.165) is 4.47 Å². The molecular weight excluding hydrogens is 302 g/mol. The first-order valence-corrected chi connectivity index (χ1v) is 5.80. The lowest BCUT2D eigenvalue weighted by atomic mass is 10.1. The van der Waals surface area contributed by atoms with E-state index in [9.17, 15) is 4.79 Å².